The van der Waals surface area contributed by atoms with E-state index in [2.05, 4.69) is 31.9 Å². The zero-order valence-corrected chi connectivity index (χ0v) is 16.2. The topological polar surface area (TPSA) is 57.1 Å². The van der Waals surface area contributed by atoms with Crippen LogP contribution in [0.4, 0.5) is 22.0 Å². The molecular weight excluding hydrogens is 511 g/mol. The van der Waals surface area contributed by atoms with Gasteiger partial charge in [0.05, 0.1) is 5.39 Å². The maximum atomic E-state index is 14.5. The lowest BCUT2D eigenvalue weighted by Gasteiger charge is -2.14. The molecule has 3 aromatic rings. The standard InChI is InChI=1S/C15H7Br2F5N2O3/c1-23-9(15(20,21)22)4-10(25)24(14(23)26)11-5-2-8(13(16)17)27-12(5)7(19)3-6(11)18/h2-4,13H,1H3. The fraction of sp³-hybridized carbons (Fsp3) is 0.200. The molecule has 144 valence electrons. The molecule has 2 aromatic heterocycles. The van der Waals surface area contributed by atoms with Crippen LogP contribution in [0.3, 0.4) is 0 Å². The van der Waals surface area contributed by atoms with E-state index >= 15 is 0 Å². The Morgan fingerprint density at radius 1 is 1.07 bits per heavy atom. The van der Waals surface area contributed by atoms with Crippen molar-refractivity contribution in [3.8, 4) is 5.69 Å². The second-order valence-electron chi connectivity index (χ2n) is 5.42. The molecule has 0 saturated carbocycles. The van der Waals surface area contributed by atoms with E-state index < -0.39 is 49.8 Å². The lowest BCUT2D eigenvalue weighted by molar-refractivity contribution is -0.144. The number of nitrogens with zero attached hydrogens (tertiary/aromatic N) is 2. The molecule has 3 rings (SSSR count). The van der Waals surface area contributed by atoms with E-state index in [1.807, 2.05) is 0 Å². The Morgan fingerprint density at radius 3 is 2.26 bits per heavy atom. The first kappa shape index (κ1) is 19.8. The second kappa shape index (κ2) is 6.59. The normalized spacial score (nSPS) is 12.3. The highest BCUT2D eigenvalue weighted by Gasteiger charge is 2.35. The minimum atomic E-state index is -4.97. The molecule has 0 aliphatic heterocycles. The Hall–Kier alpha value is -1.95. The van der Waals surface area contributed by atoms with Gasteiger partial charge < -0.3 is 4.42 Å². The van der Waals surface area contributed by atoms with Gasteiger partial charge >= 0.3 is 11.9 Å². The van der Waals surface area contributed by atoms with E-state index in [9.17, 15) is 31.5 Å². The van der Waals surface area contributed by atoms with Gasteiger partial charge in [0.15, 0.2) is 17.2 Å². The molecule has 0 radical (unpaired) electrons. The third kappa shape index (κ3) is 3.24. The maximum Gasteiger partial charge on any atom is 0.431 e. The number of rotatable bonds is 2. The number of aromatic nitrogens is 2. The van der Waals surface area contributed by atoms with Gasteiger partial charge in [-0.2, -0.15) is 13.2 Å². The van der Waals surface area contributed by atoms with E-state index in [0.717, 1.165) is 13.1 Å². The van der Waals surface area contributed by atoms with E-state index in [4.69, 9.17) is 4.42 Å². The minimum Gasteiger partial charge on any atom is -0.456 e. The summed E-state index contributed by atoms with van der Waals surface area (Å²) in [5, 5.41) is -0.287. The number of benzene rings is 1. The second-order valence-corrected chi connectivity index (χ2v) is 8.48. The fourth-order valence-electron chi connectivity index (χ4n) is 2.58. The smallest absolute Gasteiger partial charge is 0.431 e. The van der Waals surface area contributed by atoms with Crippen LogP contribution in [0.5, 0.6) is 0 Å². The average molecular weight is 518 g/mol. The van der Waals surface area contributed by atoms with Crippen LogP contribution < -0.4 is 11.2 Å². The lowest BCUT2D eigenvalue weighted by Crippen LogP contribution is -2.41. The molecule has 0 atom stereocenters. The summed E-state index contributed by atoms with van der Waals surface area (Å²) in [6.45, 7) is 0. The molecule has 0 unspecified atom stereocenters. The molecule has 0 aliphatic carbocycles. The lowest BCUT2D eigenvalue weighted by atomic mass is 10.2. The summed E-state index contributed by atoms with van der Waals surface area (Å²) in [4.78, 5) is 24.6. The molecule has 0 N–H and O–H groups in total. The zero-order chi connectivity index (χ0) is 20.3. The maximum absolute atomic E-state index is 14.5. The van der Waals surface area contributed by atoms with Crippen LogP contribution in [0, 0.1) is 11.6 Å². The molecule has 0 amide bonds. The summed E-state index contributed by atoms with van der Waals surface area (Å²) in [7, 11) is 0.785. The fourth-order valence-corrected chi connectivity index (χ4v) is 3.03. The number of hydrogen-bond acceptors (Lipinski definition) is 3. The average Bonchev–Trinajstić information content (AvgIpc) is 2.98. The summed E-state index contributed by atoms with van der Waals surface area (Å²) in [5.41, 5.74) is -5.53. The van der Waals surface area contributed by atoms with Crippen LogP contribution in [0.25, 0.3) is 16.7 Å². The molecular formula is C15H7Br2F5N2O3. The van der Waals surface area contributed by atoms with Crippen molar-refractivity contribution in [3.05, 3.63) is 62.1 Å². The van der Waals surface area contributed by atoms with Crippen molar-refractivity contribution in [2.24, 2.45) is 7.05 Å². The number of fused-ring (bicyclic) bond motifs is 1. The van der Waals surface area contributed by atoms with Crippen LogP contribution in [0.1, 0.15) is 15.2 Å². The van der Waals surface area contributed by atoms with Crippen molar-refractivity contribution in [2.45, 2.75) is 9.91 Å². The predicted molar refractivity (Wildman–Crippen MR) is 92.6 cm³/mol. The number of halogens is 7. The van der Waals surface area contributed by atoms with Gasteiger partial charge in [0.2, 0.25) is 0 Å². The quantitative estimate of drug-likeness (QED) is 0.375. The van der Waals surface area contributed by atoms with Crippen LogP contribution in [-0.4, -0.2) is 9.13 Å². The van der Waals surface area contributed by atoms with Crippen LogP contribution >= 0.6 is 31.9 Å². The largest absolute Gasteiger partial charge is 0.456 e. The molecule has 5 nitrogen and oxygen atoms in total. The highest BCUT2D eigenvalue weighted by molar-refractivity contribution is 9.24. The summed E-state index contributed by atoms with van der Waals surface area (Å²) < 4.78 is 72.4. The highest BCUT2D eigenvalue weighted by atomic mass is 79.9. The first-order valence-electron chi connectivity index (χ1n) is 7.03. The minimum absolute atomic E-state index is 0.0903. The molecule has 27 heavy (non-hydrogen) atoms. The van der Waals surface area contributed by atoms with Crippen LogP contribution in [0.2, 0.25) is 0 Å². The first-order valence-corrected chi connectivity index (χ1v) is 8.87. The summed E-state index contributed by atoms with van der Waals surface area (Å²) in [6, 6.07) is 1.70. The van der Waals surface area contributed by atoms with Crippen molar-refractivity contribution < 1.29 is 26.4 Å². The Kier molecular flexibility index (Phi) is 4.83. The van der Waals surface area contributed by atoms with Gasteiger partial charge in [-0.1, -0.05) is 31.9 Å². The zero-order valence-electron chi connectivity index (χ0n) is 13.1. The third-order valence-corrected chi connectivity index (χ3v) is 4.65. The Bertz CT molecular complexity index is 1180. The molecule has 12 heteroatoms. The summed E-state index contributed by atoms with van der Waals surface area (Å²) >= 11 is 6.21. The van der Waals surface area contributed by atoms with Crippen molar-refractivity contribution in [1.82, 2.24) is 9.13 Å². The molecule has 0 bridgehead atoms. The van der Waals surface area contributed by atoms with Crippen molar-refractivity contribution in [3.63, 3.8) is 0 Å². The third-order valence-electron chi connectivity index (χ3n) is 3.75. The molecule has 0 fully saturated rings. The summed E-state index contributed by atoms with van der Waals surface area (Å²) in [6.07, 6.45) is -4.97. The Balaban J connectivity index is 2.45. The van der Waals surface area contributed by atoms with Gasteiger partial charge in [-0.15, -0.1) is 0 Å². The van der Waals surface area contributed by atoms with Crippen molar-refractivity contribution >= 4 is 42.8 Å². The first-order chi connectivity index (χ1) is 12.4. The molecule has 0 spiro atoms. The van der Waals surface area contributed by atoms with Gasteiger partial charge in [0.25, 0.3) is 5.56 Å². The van der Waals surface area contributed by atoms with E-state index in [1.165, 1.54) is 0 Å². The van der Waals surface area contributed by atoms with Gasteiger partial charge in [-0.3, -0.25) is 9.36 Å². The van der Waals surface area contributed by atoms with Crippen LogP contribution in [-0.2, 0) is 13.2 Å². The van der Waals surface area contributed by atoms with Crippen molar-refractivity contribution in [1.29, 1.82) is 0 Å². The summed E-state index contributed by atoms with van der Waals surface area (Å²) in [5.74, 6) is -2.32. The van der Waals surface area contributed by atoms with Crippen molar-refractivity contribution in [2.75, 3.05) is 0 Å². The molecule has 0 saturated heterocycles. The predicted octanol–water partition coefficient (Wildman–Crippen LogP) is 4.37. The number of hydrogen-bond donors (Lipinski definition) is 0. The molecule has 1 aromatic carbocycles. The Labute approximate surface area is 163 Å². The monoisotopic (exact) mass is 516 g/mol. The number of furan rings is 1. The van der Waals surface area contributed by atoms with E-state index in [0.29, 0.717) is 6.07 Å². The Morgan fingerprint density at radius 2 is 1.70 bits per heavy atom. The highest BCUT2D eigenvalue weighted by Crippen LogP contribution is 2.37. The van der Waals surface area contributed by atoms with E-state index in [1.54, 1.807) is 0 Å². The van der Waals surface area contributed by atoms with E-state index in [-0.39, 0.29) is 26.3 Å². The SMILES string of the molecule is Cn1c(C(F)(F)F)cc(=O)n(-c2c(F)cc(F)c3oc(C(Br)Br)cc23)c1=O. The van der Waals surface area contributed by atoms with Gasteiger partial charge in [-0.05, 0) is 6.07 Å². The molecule has 2 heterocycles. The molecule has 0 aliphatic rings. The van der Waals surface area contributed by atoms with Crippen LogP contribution in [0.15, 0.2) is 32.2 Å². The number of alkyl halides is 5. The van der Waals surface area contributed by atoms with Gasteiger partial charge in [-0.25, -0.2) is 18.1 Å². The van der Waals surface area contributed by atoms with Gasteiger partial charge in [0.1, 0.15) is 20.9 Å². The van der Waals surface area contributed by atoms with Gasteiger partial charge in [0, 0.05) is 19.2 Å².